The smallest absolute Gasteiger partial charge is 0.337 e. The minimum atomic E-state index is -1.15. The van der Waals surface area contributed by atoms with Gasteiger partial charge in [-0.1, -0.05) is 5.92 Å². The van der Waals surface area contributed by atoms with Gasteiger partial charge in [0.2, 0.25) is 0 Å². The van der Waals surface area contributed by atoms with Gasteiger partial charge in [0.1, 0.15) is 5.75 Å². The highest BCUT2D eigenvalue weighted by atomic mass is 16.5. The van der Waals surface area contributed by atoms with Crippen LogP contribution in [0.2, 0.25) is 0 Å². The molecule has 0 atom stereocenters. The summed E-state index contributed by atoms with van der Waals surface area (Å²) < 4.78 is 4.96. The fraction of sp³-hybridized carbons (Fsp3) is 0.167. The van der Waals surface area contributed by atoms with E-state index in [4.69, 9.17) is 16.3 Å². The maximum atomic E-state index is 11.4. The first kappa shape index (κ1) is 13.4. The van der Waals surface area contributed by atoms with Gasteiger partial charge in [0, 0.05) is 6.07 Å². The summed E-state index contributed by atoms with van der Waals surface area (Å²) in [4.78, 5) is 22.4. The number of nitrogens with one attached hydrogen (secondary N) is 2. The maximum Gasteiger partial charge on any atom is 0.337 e. The Morgan fingerprint density at radius 2 is 2.22 bits per heavy atom. The Labute approximate surface area is 104 Å². The lowest BCUT2D eigenvalue weighted by molar-refractivity contribution is 0.0698. The zero-order valence-electron chi connectivity index (χ0n) is 9.69. The summed E-state index contributed by atoms with van der Waals surface area (Å²) in [5.41, 5.74) is 0.100. The number of terminal acetylenes is 1. The topological polar surface area (TPSA) is 87.7 Å². The standard InChI is InChI=1S/C12H12N2O4/c1-3-6-13-12(17)14-10-7-8(18-2)4-5-9(10)11(15)16/h1,4-5,7H,6H2,2H3,(H,15,16)(H2,13,14,17). The predicted octanol–water partition coefficient (Wildman–Crippen LogP) is 1.15. The minimum Gasteiger partial charge on any atom is -0.497 e. The number of carboxylic acid groups (broad SMARTS) is 1. The number of anilines is 1. The van der Waals surface area contributed by atoms with Crippen molar-refractivity contribution in [3.05, 3.63) is 23.8 Å². The summed E-state index contributed by atoms with van der Waals surface area (Å²) >= 11 is 0. The Hall–Kier alpha value is -2.68. The zero-order valence-corrected chi connectivity index (χ0v) is 9.69. The molecule has 0 fully saturated rings. The Morgan fingerprint density at radius 1 is 1.50 bits per heavy atom. The SMILES string of the molecule is C#CCNC(=O)Nc1cc(OC)ccc1C(=O)O. The number of urea groups is 1. The summed E-state index contributed by atoms with van der Waals surface area (Å²) in [5.74, 6) is 1.52. The molecule has 0 aromatic heterocycles. The molecule has 0 radical (unpaired) electrons. The highest BCUT2D eigenvalue weighted by molar-refractivity contribution is 6.00. The van der Waals surface area contributed by atoms with E-state index in [2.05, 4.69) is 16.6 Å². The molecule has 0 spiro atoms. The van der Waals surface area contributed by atoms with Gasteiger partial charge < -0.3 is 20.5 Å². The van der Waals surface area contributed by atoms with Crippen molar-refractivity contribution in [3.63, 3.8) is 0 Å². The van der Waals surface area contributed by atoms with Gasteiger partial charge in [0.25, 0.3) is 0 Å². The monoisotopic (exact) mass is 248 g/mol. The van der Waals surface area contributed by atoms with Gasteiger partial charge in [-0.2, -0.15) is 0 Å². The summed E-state index contributed by atoms with van der Waals surface area (Å²) in [6, 6.07) is 3.67. The second-order valence-electron chi connectivity index (χ2n) is 3.23. The van der Waals surface area contributed by atoms with E-state index in [0.29, 0.717) is 5.75 Å². The molecular formula is C12H12N2O4. The summed E-state index contributed by atoms with van der Waals surface area (Å²) in [6.07, 6.45) is 4.99. The molecule has 1 aromatic carbocycles. The molecule has 0 saturated heterocycles. The van der Waals surface area contributed by atoms with Crippen LogP contribution in [0.3, 0.4) is 0 Å². The van der Waals surface area contributed by atoms with E-state index in [0.717, 1.165) is 0 Å². The van der Waals surface area contributed by atoms with Crippen LogP contribution in [0.25, 0.3) is 0 Å². The maximum absolute atomic E-state index is 11.4. The predicted molar refractivity (Wildman–Crippen MR) is 65.8 cm³/mol. The van der Waals surface area contributed by atoms with Crippen molar-refractivity contribution in [2.45, 2.75) is 0 Å². The average Bonchev–Trinajstić information content (AvgIpc) is 2.35. The van der Waals surface area contributed by atoms with E-state index in [1.165, 1.54) is 25.3 Å². The van der Waals surface area contributed by atoms with E-state index in [-0.39, 0.29) is 17.8 Å². The van der Waals surface area contributed by atoms with Gasteiger partial charge in [-0.15, -0.1) is 6.42 Å². The lowest BCUT2D eigenvalue weighted by Crippen LogP contribution is -2.29. The molecule has 18 heavy (non-hydrogen) atoms. The lowest BCUT2D eigenvalue weighted by atomic mass is 10.1. The fourth-order valence-corrected chi connectivity index (χ4v) is 1.24. The number of carbonyl (C=O) groups is 2. The summed E-state index contributed by atoms with van der Waals surface area (Å²) in [6.45, 7) is 0.0538. The minimum absolute atomic E-state index is 0.0355. The van der Waals surface area contributed by atoms with Gasteiger partial charge in [-0.25, -0.2) is 9.59 Å². The van der Waals surface area contributed by atoms with E-state index in [1.54, 1.807) is 0 Å². The second-order valence-corrected chi connectivity index (χ2v) is 3.23. The molecular weight excluding hydrogens is 236 g/mol. The van der Waals surface area contributed by atoms with Crippen molar-refractivity contribution in [2.75, 3.05) is 19.0 Å². The Kier molecular flexibility index (Phi) is 4.58. The van der Waals surface area contributed by atoms with Crippen LogP contribution in [-0.4, -0.2) is 30.8 Å². The number of methoxy groups -OCH3 is 1. The van der Waals surface area contributed by atoms with Gasteiger partial charge in [0.15, 0.2) is 0 Å². The number of aromatic carboxylic acids is 1. The third-order valence-corrected chi connectivity index (χ3v) is 2.06. The largest absolute Gasteiger partial charge is 0.497 e. The van der Waals surface area contributed by atoms with Crippen molar-refractivity contribution >= 4 is 17.7 Å². The van der Waals surface area contributed by atoms with E-state index < -0.39 is 12.0 Å². The third kappa shape index (κ3) is 3.42. The number of carbonyl (C=O) groups excluding carboxylic acids is 1. The highest BCUT2D eigenvalue weighted by Gasteiger charge is 2.13. The molecule has 0 aliphatic carbocycles. The number of carboxylic acids is 1. The van der Waals surface area contributed by atoms with Crippen LogP contribution >= 0.6 is 0 Å². The Bertz CT molecular complexity index is 505. The molecule has 94 valence electrons. The quantitative estimate of drug-likeness (QED) is 0.697. The molecule has 3 N–H and O–H groups in total. The Balaban J connectivity index is 2.94. The van der Waals surface area contributed by atoms with Crippen molar-refractivity contribution in [3.8, 4) is 18.1 Å². The van der Waals surface area contributed by atoms with E-state index in [9.17, 15) is 9.59 Å². The van der Waals surface area contributed by atoms with Crippen LogP contribution in [0.1, 0.15) is 10.4 Å². The average molecular weight is 248 g/mol. The van der Waals surface area contributed by atoms with Crippen molar-refractivity contribution in [2.24, 2.45) is 0 Å². The Morgan fingerprint density at radius 3 is 2.78 bits per heavy atom. The summed E-state index contributed by atoms with van der Waals surface area (Å²) in [5, 5.41) is 13.7. The van der Waals surface area contributed by atoms with Gasteiger partial charge in [-0.05, 0) is 12.1 Å². The van der Waals surface area contributed by atoms with Crippen LogP contribution < -0.4 is 15.4 Å². The van der Waals surface area contributed by atoms with Crippen LogP contribution in [0.15, 0.2) is 18.2 Å². The normalized spacial score (nSPS) is 9.11. The highest BCUT2D eigenvalue weighted by Crippen LogP contribution is 2.22. The van der Waals surface area contributed by atoms with Gasteiger partial charge in [-0.3, -0.25) is 0 Å². The molecule has 0 aliphatic rings. The fourth-order valence-electron chi connectivity index (χ4n) is 1.24. The van der Waals surface area contributed by atoms with Crippen LogP contribution in [0.4, 0.5) is 10.5 Å². The van der Waals surface area contributed by atoms with Crippen molar-refractivity contribution in [1.29, 1.82) is 0 Å². The molecule has 6 heteroatoms. The number of amides is 2. The molecule has 0 saturated carbocycles. The van der Waals surface area contributed by atoms with Crippen LogP contribution in [-0.2, 0) is 0 Å². The van der Waals surface area contributed by atoms with Crippen molar-refractivity contribution in [1.82, 2.24) is 5.32 Å². The second kappa shape index (κ2) is 6.15. The molecule has 2 amide bonds. The lowest BCUT2D eigenvalue weighted by Gasteiger charge is -2.10. The van der Waals surface area contributed by atoms with Gasteiger partial charge in [0.05, 0.1) is 24.9 Å². The number of ether oxygens (including phenoxy) is 1. The van der Waals surface area contributed by atoms with E-state index >= 15 is 0 Å². The zero-order chi connectivity index (χ0) is 13.5. The summed E-state index contributed by atoms with van der Waals surface area (Å²) in [7, 11) is 1.44. The van der Waals surface area contributed by atoms with E-state index in [1.807, 2.05) is 0 Å². The van der Waals surface area contributed by atoms with Gasteiger partial charge >= 0.3 is 12.0 Å². The van der Waals surface area contributed by atoms with Crippen LogP contribution in [0.5, 0.6) is 5.75 Å². The first-order valence-corrected chi connectivity index (χ1v) is 4.98. The van der Waals surface area contributed by atoms with Crippen LogP contribution in [0, 0.1) is 12.3 Å². The third-order valence-electron chi connectivity index (χ3n) is 2.06. The number of hydrogen-bond acceptors (Lipinski definition) is 3. The number of hydrogen-bond donors (Lipinski definition) is 3. The number of benzene rings is 1. The molecule has 0 heterocycles. The number of rotatable bonds is 4. The first-order chi connectivity index (χ1) is 8.58. The van der Waals surface area contributed by atoms with Crippen molar-refractivity contribution < 1.29 is 19.4 Å². The first-order valence-electron chi connectivity index (χ1n) is 4.98. The molecule has 1 aromatic rings. The molecule has 0 aliphatic heterocycles. The molecule has 0 unspecified atom stereocenters. The molecule has 6 nitrogen and oxygen atoms in total. The molecule has 1 rings (SSSR count). The molecule has 0 bridgehead atoms.